The Morgan fingerprint density at radius 2 is 1.86 bits per heavy atom. The zero-order chi connectivity index (χ0) is 30.3. The lowest BCUT2D eigenvalue weighted by atomic mass is 9.87. The van der Waals surface area contributed by atoms with Crippen LogP contribution in [-0.4, -0.2) is 119 Å². The zero-order valence-electron chi connectivity index (χ0n) is 25.8. The molecule has 0 spiro atoms. The van der Waals surface area contributed by atoms with E-state index < -0.39 is 5.60 Å². The molecule has 2 aliphatic heterocycles. The summed E-state index contributed by atoms with van der Waals surface area (Å²) in [4.78, 5) is 35.5. The molecule has 43 heavy (non-hydrogen) atoms. The first-order chi connectivity index (χ1) is 20.7. The van der Waals surface area contributed by atoms with Gasteiger partial charge < -0.3 is 35.3 Å². The number of β-amino-alcohol motifs (C(OH)–C–C–N with tert-alkyl or cyclic N) is 1. The number of ether oxygens (including phenoxy) is 1. The number of anilines is 2. The number of urea groups is 1. The zero-order valence-corrected chi connectivity index (χ0v) is 25.8. The molecule has 0 bridgehead atoms. The summed E-state index contributed by atoms with van der Waals surface area (Å²) < 4.78 is 5.49. The van der Waals surface area contributed by atoms with Gasteiger partial charge >= 0.3 is 6.03 Å². The van der Waals surface area contributed by atoms with Crippen LogP contribution in [-0.2, 0) is 10.2 Å². The Kier molecular flexibility index (Phi) is 10.1. The average molecular weight is 594 g/mol. The number of imidazole rings is 1. The quantitative estimate of drug-likeness (QED) is 0.234. The van der Waals surface area contributed by atoms with Crippen LogP contribution in [0.3, 0.4) is 0 Å². The number of carbonyl (C=O) groups excluding carboxylic acids is 1. The summed E-state index contributed by atoms with van der Waals surface area (Å²) in [6.07, 6.45) is 5.60. The van der Waals surface area contributed by atoms with Crippen molar-refractivity contribution in [2.24, 2.45) is 0 Å². The first-order valence-corrected chi connectivity index (χ1v) is 15.5. The van der Waals surface area contributed by atoms with E-state index in [4.69, 9.17) is 4.74 Å². The number of nitrogens with zero attached hydrogens (tertiary/aromatic N) is 6. The molecule has 0 saturated carbocycles. The van der Waals surface area contributed by atoms with Gasteiger partial charge in [0.25, 0.3) is 0 Å². The Balaban J connectivity index is 1.12. The van der Waals surface area contributed by atoms with E-state index >= 15 is 0 Å². The summed E-state index contributed by atoms with van der Waals surface area (Å²) in [7, 11) is 0. The highest BCUT2D eigenvalue weighted by Gasteiger charge is 2.38. The lowest BCUT2D eigenvalue weighted by Crippen LogP contribution is -2.47. The molecule has 3 aromatic rings. The van der Waals surface area contributed by atoms with E-state index in [0.29, 0.717) is 38.2 Å². The molecule has 1 atom stereocenters. The lowest BCUT2D eigenvalue weighted by Gasteiger charge is -2.33. The number of aliphatic hydroxyl groups is 1. The second-order valence-corrected chi connectivity index (χ2v) is 12.8. The largest absolute Gasteiger partial charge is 0.387 e. The van der Waals surface area contributed by atoms with Gasteiger partial charge in [0, 0.05) is 45.0 Å². The molecule has 2 aliphatic rings. The van der Waals surface area contributed by atoms with Crippen molar-refractivity contribution in [2.75, 3.05) is 82.3 Å². The Morgan fingerprint density at radius 3 is 2.63 bits per heavy atom. The number of morpholine rings is 1. The number of rotatable bonds is 12. The number of aromatic amines is 1. The Labute approximate surface area is 254 Å². The molecular formula is C31H47N9O3. The molecule has 4 N–H and O–H groups in total. The third-order valence-electron chi connectivity index (χ3n) is 8.35. The molecule has 4 heterocycles. The number of aromatic nitrogens is 4. The van der Waals surface area contributed by atoms with Crippen LogP contribution < -0.4 is 15.5 Å². The number of hydrogen-bond donors (Lipinski definition) is 4. The van der Waals surface area contributed by atoms with Gasteiger partial charge in [-0.3, -0.25) is 4.90 Å². The number of nitrogens with one attached hydrogen (secondary N) is 3. The average Bonchev–Trinajstić information content (AvgIpc) is 3.62. The summed E-state index contributed by atoms with van der Waals surface area (Å²) in [6.45, 7) is 15.0. The minimum absolute atomic E-state index is 0.0703. The SMILES string of the molecule is CC(C)(C)c1ccc(NC(=O)NCCCN(CCCN2CCOCC2)CC2(O)CCN(c3ncnc4nc[nH]c34)C2)cc1. The van der Waals surface area contributed by atoms with E-state index in [1.165, 1.54) is 11.9 Å². The minimum atomic E-state index is -0.861. The maximum Gasteiger partial charge on any atom is 0.319 e. The fourth-order valence-corrected chi connectivity index (χ4v) is 5.92. The van der Waals surface area contributed by atoms with Crippen molar-refractivity contribution in [3.63, 3.8) is 0 Å². The summed E-state index contributed by atoms with van der Waals surface area (Å²) in [5.41, 5.74) is 2.64. The predicted octanol–water partition coefficient (Wildman–Crippen LogP) is 2.83. The number of hydrogen-bond acceptors (Lipinski definition) is 9. The van der Waals surface area contributed by atoms with Crippen molar-refractivity contribution < 1.29 is 14.6 Å². The van der Waals surface area contributed by atoms with Crippen LogP contribution >= 0.6 is 0 Å². The highest BCUT2D eigenvalue weighted by Crippen LogP contribution is 2.29. The summed E-state index contributed by atoms with van der Waals surface area (Å²) in [6, 6.07) is 7.80. The first kappa shape index (κ1) is 31.1. The van der Waals surface area contributed by atoms with Crippen molar-refractivity contribution in [2.45, 2.75) is 51.0 Å². The maximum atomic E-state index is 12.5. The van der Waals surface area contributed by atoms with Crippen LogP contribution in [0.2, 0.25) is 0 Å². The molecule has 2 saturated heterocycles. The summed E-state index contributed by atoms with van der Waals surface area (Å²) in [5, 5.41) is 17.6. The fourth-order valence-electron chi connectivity index (χ4n) is 5.92. The Bertz CT molecular complexity index is 1320. The molecule has 0 aliphatic carbocycles. The fraction of sp³-hybridized carbons (Fsp3) is 0.613. The van der Waals surface area contributed by atoms with E-state index in [1.807, 2.05) is 12.1 Å². The predicted molar refractivity (Wildman–Crippen MR) is 169 cm³/mol. The second-order valence-electron chi connectivity index (χ2n) is 12.8. The number of amides is 2. The second kappa shape index (κ2) is 14.0. The van der Waals surface area contributed by atoms with Crippen molar-refractivity contribution in [3.8, 4) is 0 Å². The van der Waals surface area contributed by atoms with E-state index in [1.54, 1.807) is 6.33 Å². The molecule has 12 nitrogen and oxygen atoms in total. The number of H-pyrrole nitrogens is 1. The molecule has 1 aromatic carbocycles. The molecule has 1 unspecified atom stereocenters. The molecule has 2 aromatic heterocycles. The summed E-state index contributed by atoms with van der Waals surface area (Å²) >= 11 is 0. The van der Waals surface area contributed by atoms with Crippen molar-refractivity contribution >= 4 is 28.7 Å². The molecule has 12 heteroatoms. The smallest absolute Gasteiger partial charge is 0.319 e. The van der Waals surface area contributed by atoms with Gasteiger partial charge in [0.05, 0.1) is 25.1 Å². The van der Waals surface area contributed by atoms with Gasteiger partial charge in [-0.1, -0.05) is 32.9 Å². The van der Waals surface area contributed by atoms with Crippen molar-refractivity contribution in [1.29, 1.82) is 0 Å². The Morgan fingerprint density at radius 1 is 1.09 bits per heavy atom. The van der Waals surface area contributed by atoms with Gasteiger partial charge in [0.2, 0.25) is 0 Å². The molecular weight excluding hydrogens is 546 g/mol. The third kappa shape index (κ3) is 8.62. The highest BCUT2D eigenvalue weighted by molar-refractivity contribution is 5.89. The third-order valence-corrected chi connectivity index (χ3v) is 8.35. The van der Waals surface area contributed by atoms with Crippen LogP contribution in [0.25, 0.3) is 11.2 Å². The van der Waals surface area contributed by atoms with Crippen LogP contribution in [0.5, 0.6) is 0 Å². The van der Waals surface area contributed by atoms with E-state index in [2.05, 4.69) is 78.2 Å². The van der Waals surface area contributed by atoms with Gasteiger partial charge in [-0.2, -0.15) is 0 Å². The number of carbonyl (C=O) groups is 1. The van der Waals surface area contributed by atoms with E-state index in [-0.39, 0.29) is 11.4 Å². The standard InChI is InChI=1S/C31H47N9O3/c1-30(2,3)24-6-8-25(9-7-24)37-29(41)32-11-4-12-39(14-5-13-38-16-18-43-19-17-38)20-31(42)10-15-40(21-31)28-26-27(34-22-33-26)35-23-36-28/h6-9,22-23,42H,4-5,10-21H2,1-3H3,(H2,32,37,41)(H,33,34,35,36). The van der Waals surface area contributed by atoms with E-state index in [9.17, 15) is 9.90 Å². The maximum absolute atomic E-state index is 12.5. The van der Waals surface area contributed by atoms with Gasteiger partial charge in [-0.15, -0.1) is 0 Å². The number of fused-ring (bicyclic) bond motifs is 1. The van der Waals surface area contributed by atoms with Gasteiger partial charge in [-0.25, -0.2) is 19.7 Å². The van der Waals surface area contributed by atoms with Crippen molar-refractivity contribution in [3.05, 3.63) is 42.5 Å². The topological polar surface area (TPSA) is 135 Å². The van der Waals surface area contributed by atoms with Crippen LogP contribution in [0, 0.1) is 0 Å². The molecule has 2 amide bonds. The molecule has 2 fully saturated rings. The highest BCUT2D eigenvalue weighted by atomic mass is 16.5. The number of benzene rings is 1. The van der Waals surface area contributed by atoms with Crippen LogP contribution in [0.4, 0.5) is 16.3 Å². The van der Waals surface area contributed by atoms with Crippen LogP contribution in [0.15, 0.2) is 36.9 Å². The summed E-state index contributed by atoms with van der Waals surface area (Å²) in [5.74, 6) is 0.778. The lowest BCUT2D eigenvalue weighted by molar-refractivity contribution is 0.0168. The Hall–Kier alpha value is -3.32. The molecule has 0 radical (unpaired) electrons. The van der Waals surface area contributed by atoms with Crippen LogP contribution in [0.1, 0.15) is 45.6 Å². The van der Waals surface area contributed by atoms with Gasteiger partial charge in [0.1, 0.15) is 11.8 Å². The first-order valence-electron chi connectivity index (χ1n) is 15.5. The molecule has 234 valence electrons. The van der Waals surface area contributed by atoms with Crippen molar-refractivity contribution in [1.82, 2.24) is 35.1 Å². The molecule has 5 rings (SSSR count). The van der Waals surface area contributed by atoms with E-state index in [0.717, 1.165) is 75.8 Å². The van der Waals surface area contributed by atoms with Gasteiger partial charge in [0.15, 0.2) is 11.5 Å². The monoisotopic (exact) mass is 593 g/mol. The minimum Gasteiger partial charge on any atom is -0.387 e. The normalized spacial score (nSPS) is 19.8. The van der Waals surface area contributed by atoms with Gasteiger partial charge in [-0.05, 0) is 62.0 Å².